The highest BCUT2D eigenvalue weighted by molar-refractivity contribution is 5.92. The first-order valence-electron chi connectivity index (χ1n) is 4.72. The summed E-state index contributed by atoms with van der Waals surface area (Å²) in [6, 6.07) is 3.49. The molecule has 0 atom stereocenters. The van der Waals surface area contributed by atoms with E-state index in [0.29, 0.717) is 17.2 Å². The van der Waals surface area contributed by atoms with Gasteiger partial charge in [0.05, 0.1) is 16.7 Å². The first-order chi connectivity index (χ1) is 7.50. The van der Waals surface area contributed by atoms with Gasteiger partial charge in [0.2, 0.25) is 0 Å². The molecule has 2 rings (SSSR count). The minimum absolute atomic E-state index is 0.327. The molecular weight excluding hydrogens is 208 g/mol. The molecule has 16 heavy (non-hydrogen) atoms. The number of aryl methyl sites for hydroxylation is 1. The van der Waals surface area contributed by atoms with Crippen LogP contribution in [0.2, 0.25) is 0 Å². The second-order valence-corrected chi connectivity index (χ2v) is 3.57. The number of hydrogen-bond donors (Lipinski definition) is 3. The Bertz CT molecular complexity index is 561. The van der Waals surface area contributed by atoms with Gasteiger partial charge in [-0.3, -0.25) is 4.90 Å². The lowest BCUT2D eigenvalue weighted by Crippen LogP contribution is -2.24. The molecule has 2 aromatic rings. The molecule has 0 aliphatic rings. The normalized spacial score (nSPS) is 10.6. The Labute approximate surface area is 91.7 Å². The number of hydrogen-bond acceptors (Lipinski definition) is 3. The Morgan fingerprint density at radius 3 is 2.88 bits per heavy atom. The summed E-state index contributed by atoms with van der Waals surface area (Å²) in [6.07, 6.45) is -1.01. The van der Waals surface area contributed by atoms with Crippen LogP contribution in [0, 0.1) is 6.92 Å². The predicted octanol–water partition coefficient (Wildman–Crippen LogP) is 1.57. The third-order valence-corrected chi connectivity index (χ3v) is 2.55. The summed E-state index contributed by atoms with van der Waals surface area (Å²) < 4.78 is 0. The molecule has 0 saturated heterocycles. The molecule has 1 aromatic heterocycles. The predicted molar refractivity (Wildman–Crippen MR) is 61.7 cm³/mol. The highest BCUT2D eigenvalue weighted by Gasteiger charge is 2.14. The molecule has 0 fully saturated rings. The SMILES string of the molecule is Cc1c(N(C)C(=O)O)ccc2[nH]c(N)nc12. The molecular formula is C10H12N4O2. The van der Waals surface area contributed by atoms with Crippen LogP contribution < -0.4 is 10.6 Å². The van der Waals surface area contributed by atoms with Gasteiger partial charge in [-0.1, -0.05) is 0 Å². The smallest absolute Gasteiger partial charge is 0.411 e. The number of carbonyl (C=O) groups is 1. The standard InChI is InChI=1S/C10H12N4O2/c1-5-7(14(2)10(15)16)4-3-6-8(5)13-9(11)12-6/h3-4H,1-2H3,(H,15,16)(H3,11,12,13). The summed E-state index contributed by atoms with van der Waals surface area (Å²) in [5.74, 6) is 0.327. The molecule has 6 nitrogen and oxygen atoms in total. The number of nitrogen functional groups attached to an aromatic ring is 1. The highest BCUT2D eigenvalue weighted by Crippen LogP contribution is 2.26. The van der Waals surface area contributed by atoms with Crippen molar-refractivity contribution in [3.8, 4) is 0 Å². The molecule has 0 bridgehead atoms. The monoisotopic (exact) mass is 220 g/mol. The molecule has 1 amide bonds. The van der Waals surface area contributed by atoms with Gasteiger partial charge in [0.1, 0.15) is 0 Å². The average Bonchev–Trinajstić information content (AvgIpc) is 2.59. The van der Waals surface area contributed by atoms with Gasteiger partial charge in [-0.05, 0) is 19.1 Å². The minimum Gasteiger partial charge on any atom is -0.465 e. The van der Waals surface area contributed by atoms with Crippen LogP contribution in [-0.2, 0) is 0 Å². The maximum Gasteiger partial charge on any atom is 0.411 e. The van der Waals surface area contributed by atoms with Crippen LogP contribution in [0.4, 0.5) is 16.4 Å². The number of rotatable bonds is 1. The van der Waals surface area contributed by atoms with Crippen LogP contribution >= 0.6 is 0 Å². The molecule has 0 radical (unpaired) electrons. The fourth-order valence-electron chi connectivity index (χ4n) is 1.69. The fraction of sp³-hybridized carbons (Fsp3) is 0.200. The zero-order valence-electron chi connectivity index (χ0n) is 8.98. The molecule has 0 aliphatic carbocycles. The lowest BCUT2D eigenvalue weighted by Gasteiger charge is -2.15. The number of imidazole rings is 1. The molecule has 0 spiro atoms. The second kappa shape index (κ2) is 3.41. The topological polar surface area (TPSA) is 95.2 Å². The Morgan fingerprint density at radius 1 is 1.56 bits per heavy atom. The quantitative estimate of drug-likeness (QED) is 0.679. The van der Waals surface area contributed by atoms with E-state index in [0.717, 1.165) is 16.0 Å². The van der Waals surface area contributed by atoms with Crippen molar-refractivity contribution >= 4 is 28.8 Å². The zero-order valence-corrected chi connectivity index (χ0v) is 8.98. The van der Waals surface area contributed by atoms with E-state index in [4.69, 9.17) is 10.8 Å². The average molecular weight is 220 g/mol. The fourth-order valence-corrected chi connectivity index (χ4v) is 1.69. The molecule has 4 N–H and O–H groups in total. The molecule has 1 heterocycles. The first-order valence-corrected chi connectivity index (χ1v) is 4.72. The number of carboxylic acid groups (broad SMARTS) is 1. The van der Waals surface area contributed by atoms with Crippen molar-refractivity contribution in [2.24, 2.45) is 0 Å². The van der Waals surface area contributed by atoms with Crippen LogP contribution in [0.15, 0.2) is 12.1 Å². The van der Waals surface area contributed by atoms with Gasteiger partial charge in [0.25, 0.3) is 0 Å². The van der Waals surface area contributed by atoms with Crippen LogP contribution in [0.5, 0.6) is 0 Å². The van der Waals surface area contributed by atoms with E-state index in [2.05, 4.69) is 9.97 Å². The second-order valence-electron chi connectivity index (χ2n) is 3.57. The van der Waals surface area contributed by atoms with E-state index in [-0.39, 0.29) is 0 Å². The van der Waals surface area contributed by atoms with Crippen molar-refractivity contribution in [2.75, 3.05) is 17.7 Å². The number of aromatic nitrogens is 2. The maximum absolute atomic E-state index is 10.9. The Hall–Kier alpha value is -2.24. The number of fused-ring (bicyclic) bond motifs is 1. The van der Waals surface area contributed by atoms with Crippen molar-refractivity contribution in [3.05, 3.63) is 17.7 Å². The van der Waals surface area contributed by atoms with E-state index in [1.807, 2.05) is 6.92 Å². The minimum atomic E-state index is -1.01. The number of nitrogens with zero attached hydrogens (tertiary/aromatic N) is 2. The van der Waals surface area contributed by atoms with Crippen LogP contribution in [0.1, 0.15) is 5.56 Å². The maximum atomic E-state index is 10.9. The van der Waals surface area contributed by atoms with Crippen molar-refractivity contribution in [2.45, 2.75) is 6.92 Å². The zero-order chi connectivity index (χ0) is 11.9. The van der Waals surface area contributed by atoms with Gasteiger partial charge in [-0.2, -0.15) is 0 Å². The lowest BCUT2D eigenvalue weighted by molar-refractivity contribution is 0.203. The van der Waals surface area contributed by atoms with E-state index in [1.54, 1.807) is 12.1 Å². The van der Waals surface area contributed by atoms with Crippen LogP contribution in [0.25, 0.3) is 11.0 Å². The summed E-state index contributed by atoms with van der Waals surface area (Å²) in [5, 5.41) is 8.91. The molecule has 6 heteroatoms. The van der Waals surface area contributed by atoms with E-state index >= 15 is 0 Å². The summed E-state index contributed by atoms with van der Waals surface area (Å²) >= 11 is 0. The lowest BCUT2D eigenvalue weighted by atomic mass is 10.1. The van der Waals surface area contributed by atoms with Crippen LogP contribution in [-0.4, -0.2) is 28.2 Å². The molecule has 84 valence electrons. The summed E-state index contributed by atoms with van der Waals surface area (Å²) in [7, 11) is 1.49. The van der Waals surface area contributed by atoms with Gasteiger partial charge < -0.3 is 15.8 Å². The van der Waals surface area contributed by atoms with Crippen molar-refractivity contribution in [3.63, 3.8) is 0 Å². The number of amides is 1. The number of benzene rings is 1. The highest BCUT2D eigenvalue weighted by atomic mass is 16.4. The molecule has 0 saturated carbocycles. The third-order valence-electron chi connectivity index (χ3n) is 2.55. The summed E-state index contributed by atoms with van der Waals surface area (Å²) in [6.45, 7) is 1.82. The van der Waals surface area contributed by atoms with Gasteiger partial charge in [0, 0.05) is 12.6 Å². The van der Waals surface area contributed by atoms with Crippen molar-refractivity contribution < 1.29 is 9.90 Å². The van der Waals surface area contributed by atoms with E-state index < -0.39 is 6.09 Å². The number of H-pyrrole nitrogens is 1. The van der Waals surface area contributed by atoms with Gasteiger partial charge in [-0.25, -0.2) is 9.78 Å². The van der Waals surface area contributed by atoms with Crippen molar-refractivity contribution in [1.82, 2.24) is 9.97 Å². The van der Waals surface area contributed by atoms with Gasteiger partial charge >= 0.3 is 6.09 Å². The third kappa shape index (κ3) is 1.44. The van der Waals surface area contributed by atoms with Gasteiger partial charge in [0.15, 0.2) is 5.95 Å². The molecule has 0 unspecified atom stereocenters. The van der Waals surface area contributed by atoms with Crippen molar-refractivity contribution in [1.29, 1.82) is 0 Å². The van der Waals surface area contributed by atoms with E-state index in [1.165, 1.54) is 7.05 Å². The number of aromatic amines is 1. The Morgan fingerprint density at radius 2 is 2.25 bits per heavy atom. The summed E-state index contributed by atoms with van der Waals surface area (Å²) in [4.78, 5) is 19.0. The summed E-state index contributed by atoms with van der Waals surface area (Å²) in [5.41, 5.74) is 8.44. The molecule has 0 aliphatic heterocycles. The van der Waals surface area contributed by atoms with Crippen LogP contribution in [0.3, 0.4) is 0 Å². The Kier molecular flexibility index (Phi) is 2.19. The largest absolute Gasteiger partial charge is 0.465 e. The van der Waals surface area contributed by atoms with E-state index in [9.17, 15) is 4.79 Å². The number of nitrogens with two attached hydrogens (primary N) is 1. The van der Waals surface area contributed by atoms with Gasteiger partial charge in [-0.15, -0.1) is 0 Å². The Balaban J connectivity index is 2.64. The number of nitrogens with one attached hydrogen (secondary N) is 1. The molecule has 1 aromatic carbocycles. The first kappa shape index (κ1) is 10.3. The number of anilines is 2.